The third-order valence-electron chi connectivity index (χ3n) is 7.70. The van der Waals surface area contributed by atoms with Gasteiger partial charge >= 0.3 is 12.1 Å². The highest BCUT2D eigenvalue weighted by Crippen LogP contribution is 2.44. The maximum absolute atomic E-state index is 12.9. The number of carboxylic acids is 1. The van der Waals surface area contributed by atoms with Crippen molar-refractivity contribution >= 4 is 18.0 Å². The van der Waals surface area contributed by atoms with Crippen molar-refractivity contribution in [2.45, 2.75) is 44.1 Å². The Balaban J connectivity index is 1.15. The molecule has 5 rings (SSSR count). The van der Waals surface area contributed by atoms with Crippen LogP contribution < -0.4 is 10.6 Å². The maximum atomic E-state index is 12.9. The summed E-state index contributed by atoms with van der Waals surface area (Å²) in [5.41, 5.74) is 4.66. The number of carbonyl (C=O) groups excluding carboxylic acids is 2. The minimum absolute atomic E-state index is 0.00956. The molecule has 3 N–H and O–H groups in total. The zero-order valence-corrected chi connectivity index (χ0v) is 19.0. The molecular weight excluding hydrogens is 432 g/mol. The van der Waals surface area contributed by atoms with Crippen LogP contribution in [0.25, 0.3) is 11.1 Å². The number of carbonyl (C=O) groups is 3. The summed E-state index contributed by atoms with van der Waals surface area (Å²) in [4.78, 5) is 36.4. The number of benzene rings is 2. The predicted octanol–water partition coefficient (Wildman–Crippen LogP) is 3.92. The van der Waals surface area contributed by atoms with Crippen molar-refractivity contribution in [1.29, 1.82) is 0 Å². The Morgan fingerprint density at radius 3 is 2.15 bits per heavy atom. The van der Waals surface area contributed by atoms with E-state index in [1.807, 2.05) is 24.3 Å². The monoisotopic (exact) mass is 462 g/mol. The van der Waals surface area contributed by atoms with E-state index in [0.717, 1.165) is 30.4 Å². The van der Waals surface area contributed by atoms with E-state index in [1.165, 1.54) is 11.1 Å². The molecule has 0 radical (unpaired) electrons. The maximum Gasteiger partial charge on any atom is 0.407 e. The van der Waals surface area contributed by atoms with Gasteiger partial charge in [0.15, 0.2) is 0 Å². The minimum Gasteiger partial charge on any atom is -0.481 e. The highest BCUT2D eigenvalue weighted by atomic mass is 16.5. The number of alkyl carbamates (subject to hydrolysis) is 1. The highest BCUT2D eigenvalue weighted by molar-refractivity contribution is 5.81. The zero-order chi connectivity index (χ0) is 23.7. The van der Waals surface area contributed by atoms with Gasteiger partial charge in [-0.1, -0.05) is 55.0 Å². The smallest absolute Gasteiger partial charge is 0.407 e. The van der Waals surface area contributed by atoms with Crippen LogP contribution in [-0.2, 0) is 14.3 Å². The lowest BCUT2D eigenvalue weighted by Crippen LogP contribution is -2.52. The largest absolute Gasteiger partial charge is 0.481 e. The number of amides is 2. The molecule has 7 nitrogen and oxygen atoms in total. The Kier molecular flexibility index (Phi) is 6.26. The van der Waals surface area contributed by atoms with Crippen LogP contribution in [0, 0.1) is 17.8 Å². The van der Waals surface area contributed by atoms with Gasteiger partial charge in [-0.2, -0.15) is 0 Å². The molecule has 2 aromatic carbocycles. The molecule has 2 saturated carbocycles. The Bertz CT molecular complexity index is 1040. The molecule has 2 aromatic rings. The molecule has 3 aliphatic carbocycles. The number of fused-ring (bicyclic) bond motifs is 3. The third kappa shape index (κ3) is 4.39. The van der Waals surface area contributed by atoms with E-state index < -0.39 is 12.1 Å². The standard InChI is InChI=1S/C27H30N2O5/c30-25(29-18-12-17(13-18)26(31)32)23(16-6-5-7-16)14-28-27(33)34-15-24-21-10-3-1-8-19(21)20-9-2-4-11-22(20)24/h1-4,8-11,16-18,23-24H,5-7,12-15H2,(H,28,33)(H,29,30)(H,31,32). The van der Waals surface area contributed by atoms with Crippen LogP contribution in [0.5, 0.6) is 0 Å². The van der Waals surface area contributed by atoms with Crippen molar-refractivity contribution in [1.82, 2.24) is 10.6 Å². The Labute approximate surface area is 198 Å². The van der Waals surface area contributed by atoms with E-state index in [2.05, 4.69) is 34.9 Å². The molecule has 0 aliphatic heterocycles. The first-order valence-electron chi connectivity index (χ1n) is 12.1. The number of hydrogen-bond acceptors (Lipinski definition) is 4. The molecule has 0 heterocycles. The average molecular weight is 463 g/mol. The van der Waals surface area contributed by atoms with Gasteiger partial charge in [-0.25, -0.2) is 4.79 Å². The van der Waals surface area contributed by atoms with Gasteiger partial charge in [-0.3, -0.25) is 9.59 Å². The van der Waals surface area contributed by atoms with E-state index in [0.29, 0.717) is 12.8 Å². The van der Waals surface area contributed by atoms with Crippen molar-refractivity contribution in [2.24, 2.45) is 17.8 Å². The molecule has 0 bridgehead atoms. The number of rotatable bonds is 8. The van der Waals surface area contributed by atoms with Crippen molar-refractivity contribution < 1.29 is 24.2 Å². The van der Waals surface area contributed by atoms with Gasteiger partial charge in [0.2, 0.25) is 5.91 Å². The summed E-state index contributed by atoms with van der Waals surface area (Å²) in [7, 11) is 0. The SMILES string of the molecule is O=C(NCC(C(=O)NC1CC(C(=O)O)C1)C1CCC1)OCC1c2ccccc2-c2ccccc21. The first-order chi connectivity index (χ1) is 16.5. The molecule has 0 spiro atoms. The van der Waals surface area contributed by atoms with E-state index >= 15 is 0 Å². The lowest BCUT2D eigenvalue weighted by Gasteiger charge is -2.37. The van der Waals surface area contributed by atoms with Crippen LogP contribution in [0.15, 0.2) is 48.5 Å². The number of nitrogens with one attached hydrogen (secondary N) is 2. The van der Waals surface area contributed by atoms with Crippen LogP contribution in [-0.4, -0.2) is 42.3 Å². The van der Waals surface area contributed by atoms with Crippen LogP contribution in [0.3, 0.4) is 0 Å². The summed E-state index contributed by atoms with van der Waals surface area (Å²) in [6.45, 7) is 0.459. The van der Waals surface area contributed by atoms with Crippen molar-refractivity contribution in [3.63, 3.8) is 0 Å². The number of aliphatic carboxylic acids is 1. The van der Waals surface area contributed by atoms with E-state index in [-0.39, 0.29) is 48.8 Å². The molecule has 1 unspecified atom stereocenters. The Morgan fingerprint density at radius 1 is 0.971 bits per heavy atom. The van der Waals surface area contributed by atoms with Gasteiger partial charge in [-0.05, 0) is 53.9 Å². The Morgan fingerprint density at radius 2 is 1.59 bits per heavy atom. The van der Waals surface area contributed by atoms with Crippen molar-refractivity contribution in [2.75, 3.05) is 13.2 Å². The van der Waals surface area contributed by atoms with Gasteiger partial charge in [0.1, 0.15) is 6.61 Å². The summed E-state index contributed by atoms with van der Waals surface area (Å²) in [6, 6.07) is 16.3. The van der Waals surface area contributed by atoms with Gasteiger partial charge < -0.3 is 20.5 Å². The van der Waals surface area contributed by atoms with Gasteiger partial charge in [0.05, 0.1) is 11.8 Å². The molecule has 178 valence electrons. The molecule has 0 aromatic heterocycles. The normalized spacial score (nSPS) is 21.9. The molecule has 0 saturated heterocycles. The summed E-state index contributed by atoms with van der Waals surface area (Å²) in [5.74, 6) is -1.37. The fraction of sp³-hybridized carbons (Fsp3) is 0.444. The van der Waals surface area contributed by atoms with Crippen LogP contribution in [0.2, 0.25) is 0 Å². The highest BCUT2D eigenvalue weighted by Gasteiger charge is 2.39. The number of hydrogen-bond donors (Lipinski definition) is 3. The van der Waals surface area contributed by atoms with E-state index in [1.54, 1.807) is 0 Å². The Hall–Kier alpha value is -3.35. The molecule has 1 atom stereocenters. The number of ether oxygens (including phenoxy) is 1. The summed E-state index contributed by atoms with van der Waals surface area (Å²) in [6.07, 6.45) is 3.44. The molecule has 2 amide bonds. The summed E-state index contributed by atoms with van der Waals surface area (Å²) in [5, 5.41) is 14.8. The van der Waals surface area contributed by atoms with Gasteiger partial charge in [-0.15, -0.1) is 0 Å². The fourth-order valence-electron chi connectivity index (χ4n) is 5.40. The quantitative estimate of drug-likeness (QED) is 0.552. The van der Waals surface area contributed by atoms with Crippen LogP contribution in [0.4, 0.5) is 4.79 Å². The lowest BCUT2D eigenvalue weighted by molar-refractivity contribution is -0.146. The number of carboxylic acid groups (broad SMARTS) is 1. The summed E-state index contributed by atoms with van der Waals surface area (Å²) >= 11 is 0. The molecule has 2 fully saturated rings. The molecule has 3 aliphatic rings. The lowest BCUT2D eigenvalue weighted by atomic mass is 9.74. The minimum atomic E-state index is -0.807. The second-order valence-corrected chi connectivity index (χ2v) is 9.72. The first-order valence-corrected chi connectivity index (χ1v) is 12.1. The fourth-order valence-corrected chi connectivity index (χ4v) is 5.40. The van der Waals surface area contributed by atoms with E-state index in [9.17, 15) is 14.4 Å². The average Bonchev–Trinajstić information content (AvgIpc) is 3.09. The zero-order valence-electron chi connectivity index (χ0n) is 19.0. The molecule has 34 heavy (non-hydrogen) atoms. The van der Waals surface area contributed by atoms with Crippen LogP contribution >= 0.6 is 0 Å². The topological polar surface area (TPSA) is 105 Å². The molecular formula is C27H30N2O5. The first kappa shape index (κ1) is 22.4. The second kappa shape index (κ2) is 9.49. The van der Waals surface area contributed by atoms with Crippen molar-refractivity contribution in [3.05, 3.63) is 59.7 Å². The summed E-state index contributed by atoms with van der Waals surface area (Å²) < 4.78 is 5.61. The van der Waals surface area contributed by atoms with E-state index in [4.69, 9.17) is 9.84 Å². The van der Waals surface area contributed by atoms with Gasteiger partial charge in [0.25, 0.3) is 0 Å². The van der Waals surface area contributed by atoms with Crippen LogP contribution in [0.1, 0.15) is 49.1 Å². The van der Waals surface area contributed by atoms with Crippen molar-refractivity contribution in [3.8, 4) is 11.1 Å². The molecule has 7 heteroatoms. The predicted molar refractivity (Wildman–Crippen MR) is 126 cm³/mol. The third-order valence-corrected chi connectivity index (χ3v) is 7.70. The second-order valence-electron chi connectivity index (χ2n) is 9.72. The van der Waals surface area contributed by atoms with Gasteiger partial charge in [0, 0.05) is 18.5 Å².